The lowest BCUT2D eigenvalue weighted by Gasteiger charge is -2.03. The summed E-state index contributed by atoms with van der Waals surface area (Å²) in [6.45, 7) is 0.818. The molecule has 0 unspecified atom stereocenters. The average Bonchev–Trinajstić information content (AvgIpc) is 2.83. The van der Waals surface area contributed by atoms with E-state index in [0.717, 1.165) is 17.9 Å². The third-order valence-corrected chi connectivity index (χ3v) is 2.31. The summed E-state index contributed by atoms with van der Waals surface area (Å²) in [4.78, 5) is 3.99. The Bertz CT molecular complexity index is 461. The minimum atomic E-state index is 0.818. The number of aromatic nitrogens is 2. The standard InChI is InChI=1S/C13H14N2O/c1-16-13-7-3-2-5-12(13)6-4-9-15-10-8-14-11-15/h2-8,10-11H,9H2,1H3. The van der Waals surface area contributed by atoms with Gasteiger partial charge in [-0.3, -0.25) is 0 Å². The molecule has 0 radical (unpaired) electrons. The normalized spacial score (nSPS) is 10.8. The van der Waals surface area contributed by atoms with Gasteiger partial charge in [0.2, 0.25) is 0 Å². The zero-order chi connectivity index (χ0) is 11.2. The lowest BCUT2D eigenvalue weighted by Crippen LogP contribution is -1.90. The van der Waals surface area contributed by atoms with Gasteiger partial charge in [0.15, 0.2) is 0 Å². The molecule has 2 rings (SSSR count). The minimum Gasteiger partial charge on any atom is -0.496 e. The summed E-state index contributed by atoms with van der Waals surface area (Å²) in [6, 6.07) is 7.95. The Morgan fingerprint density at radius 1 is 1.38 bits per heavy atom. The SMILES string of the molecule is COc1ccccc1C=CCn1ccnc1. The molecule has 82 valence electrons. The number of rotatable bonds is 4. The van der Waals surface area contributed by atoms with Crippen molar-refractivity contribution in [1.82, 2.24) is 9.55 Å². The highest BCUT2D eigenvalue weighted by Crippen LogP contribution is 2.18. The predicted molar refractivity (Wildman–Crippen MR) is 64.3 cm³/mol. The number of benzene rings is 1. The second kappa shape index (κ2) is 5.16. The van der Waals surface area contributed by atoms with Gasteiger partial charge in [-0.05, 0) is 6.07 Å². The van der Waals surface area contributed by atoms with Crippen LogP contribution in [0.25, 0.3) is 6.08 Å². The number of nitrogens with zero attached hydrogens (tertiary/aromatic N) is 2. The number of methoxy groups -OCH3 is 1. The van der Waals surface area contributed by atoms with E-state index in [1.165, 1.54) is 0 Å². The van der Waals surface area contributed by atoms with Crippen LogP contribution in [0, 0.1) is 0 Å². The molecular weight excluding hydrogens is 200 g/mol. The summed E-state index contributed by atoms with van der Waals surface area (Å²) >= 11 is 0. The Morgan fingerprint density at radius 2 is 2.25 bits per heavy atom. The Hall–Kier alpha value is -2.03. The van der Waals surface area contributed by atoms with Gasteiger partial charge in [0, 0.05) is 24.5 Å². The molecule has 1 aromatic heterocycles. The van der Waals surface area contributed by atoms with E-state index < -0.39 is 0 Å². The first-order valence-electron chi connectivity index (χ1n) is 5.15. The van der Waals surface area contributed by atoms with Crippen LogP contribution in [0.15, 0.2) is 49.1 Å². The summed E-state index contributed by atoms with van der Waals surface area (Å²) in [5, 5.41) is 0. The fraction of sp³-hybridized carbons (Fsp3) is 0.154. The number of imidazole rings is 1. The second-order valence-electron chi connectivity index (χ2n) is 3.40. The Kier molecular flexibility index (Phi) is 3.38. The van der Waals surface area contributed by atoms with Crippen molar-refractivity contribution in [3.05, 3.63) is 54.6 Å². The molecule has 0 aliphatic rings. The third kappa shape index (κ3) is 2.51. The highest BCUT2D eigenvalue weighted by molar-refractivity contribution is 5.56. The van der Waals surface area contributed by atoms with E-state index >= 15 is 0 Å². The number of ether oxygens (including phenoxy) is 1. The van der Waals surface area contributed by atoms with Gasteiger partial charge in [0.1, 0.15) is 5.75 Å². The maximum Gasteiger partial charge on any atom is 0.126 e. The average molecular weight is 214 g/mol. The maximum atomic E-state index is 5.26. The number of hydrogen-bond donors (Lipinski definition) is 0. The van der Waals surface area contributed by atoms with E-state index in [1.807, 2.05) is 35.0 Å². The number of allylic oxidation sites excluding steroid dienone is 1. The van der Waals surface area contributed by atoms with E-state index in [-0.39, 0.29) is 0 Å². The molecule has 0 spiro atoms. The molecule has 16 heavy (non-hydrogen) atoms. The summed E-state index contributed by atoms with van der Waals surface area (Å²) in [5.41, 5.74) is 1.09. The van der Waals surface area contributed by atoms with E-state index in [0.29, 0.717) is 0 Å². The predicted octanol–water partition coefficient (Wildman–Crippen LogP) is 2.61. The minimum absolute atomic E-state index is 0.818. The largest absolute Gasteiger partial charge is 0.496 e. The zero-order valence-electron chi connectivity index (χ0n) is 9.21. The summed E-state index contributed by atoms with van der Waals surface area (Å²) in [7, 11) is 1.68. The van der Waals surface area contributed by atoms with Gasteiger partial charge < -0.3 is 9.30 Å². The van der Waals surface area contributed by atoms with Crippen molar-refractivity contribution < 1.29 is 4.74 Å². The van der Waals surface area contributed by atoms with Crippen LogP contribution in [0.5, 0.6) is 5.75 Å². The molecular formula is C13H14N2O. The molecule has 1 aromatic carbocycles. The molecule has 3 heteroatoms. The molecule has 3 nitrogen and oxygen atoms in total. The highest BCUT2D eigenvalue weighted by Gasteiger charge is 1.95. The fourth-order valence-electron chi connectivity index (χ4n) is 1.50. The molecule has 0 saturated carbocycles. The van der Waals surface area contributed by atoms with Crippen molar-refractivity contribution in [2.45, 2.75) is 6.54 Å². The van der Waals surface area contributed by atoms with Crippen LogP contribution < -0.4 is 4.74 Å². The number of hydrogen-bond acceptors (Lipinski definition) is 2. The van der Waals surface area contributed by atoms with Crippen LogP contribution in [0.1, 0.15) is 5.56 Å². The van der Waals surface area contributed by atoms with Crippen molar-refractivity contribution in [2.24, 2.45) is 0 Å². The monoisotopic (exact) mass is 214 g/mol. The quantitative estimate of drug-likeness (QED) is 0.782. The molecule has 0 N–H and O–H groups in total. The third-order valence-electron chi connectivity index (χ3n) is 2.31. The van der Waals surface area contributed by atoms with E-state index in [1.54, 1.807) is 19.6 Å². The van der Waals surface area contributed by atoms with Gasteiger partial charge in [-0.1, -0.05) is 30.4 Å². The van der Waals surface area contributed by atoms with Crippen LogP contribution >= 0.6 is 0 Å². The smallest absolute Gasteiger partial charge is 0.126 e. The molecule has 0 aliphatic carbocycles. The first kappa shape index (κ1) is 10.5. The van der Waals surface area contributed by atoms with Crippen LogP contribution in [0.2, 0.25) is 0 Å². The van der Waals surface area contributed by atoms with Crippen LogP contribution in [-0.2, 0) is 6.54 Å². The van der Waals surface area contributed by atoms with Gasteiger partial charge in [-0.15, -0.1) is 0 Å². The molecule has 1 heterocycles. The Labute approximate surface area is 95.0 Å². The molecule has 0 bridgehead atoms. The van der Waals surface area contributed by atoms with Crippen molar-refractivity contribution in [3.63, 3.8) is 0 Å². The first-order chi connectivity index (χ1) is 7.90. The van der Waals surface area contributed by atoms with E-state index in [9.17, 15) is 0 Å². The molecule has 0 aliphatic heterocycles. The van der Waals surface area contributed by atoms with Crippen molar-refractivity contribution in [2.75, 3.05) is 7.11 Å². The van der Waals surface area contributed by atoms with Crippen molar-refractivity contribution in [3.8, 4) is 5.75 Å². The van der Waals surface area contributed by atoms with Gasteiger partial charge in [-0.2, -0.15) is 0 Å². The fourth-order valence-corrected chi connectivity index (χ4v) is 1.50. The molecule has 0 saturated heterocycles. The molecule has 0 amide bonds. The van der Waals surface area contributed by atoms with E-state index in [4.69, 9.17) is 4.74 Å². The molecule has 0 atom stereocenters. The first-order valence-corrected chi connectivity index (χ1v) is 5.15. The van der Waals surface area contributed by atoms with Crippen LogP contribution in [0.3, 0.4) is 0 Å². The molecule has 0 fully saturated rings. The van der Waals surface area contributed by atoms with Crippen LogP contribution in [0.4, 0.5) is 0 Å². The summed E-state index contributed by atoms with van der Waals surface area (Å²) in [5.74, 6) is 0.893. The topological polar surface area (TPSA) is 27.1 Å². The number of para-hydroxylation sites is 1. The van der Waals surface area contributed by atoms with Gasteiger partial charge in [-0.25, -0.2) is 4.98 Å². The van der Waals surface area contributed by atoms with Crippen molar-refractivity contribution in [1.29, 1.82) is 0 Å². The maximum absolute atomic E-state index is 5.26. The Morgan fingerprint density at radius 3 is 3.00 bits per heavy atom. The lowest BCUT2D eigenvalue weighted by molar-refractivity contribution is 0.414. The van der Waals surface area contributed by atoms with Crippen molar-refractivity contribution >= 4 is 6.08 Å². The zero-order valence-corrected chi connectivity index (χ0v) is 9.21. The summed E-state index contributed by atoms with van der Waals surface area (Å²) in [6.07, 6.45) is 9.65. The van der Waals surface area contributed by atoms with Gasteiger partial charge in [0.05, 0.1) is 13.4 Å². The van der Waals surface area contributed by atoms with Crippen LogP contribution in [-0.4, -0.2) is 16.7 Å². The van der Waals surface area contributed by atoms with Gasteiger partial charge in [0.25, 0.3) is 0 Å². The molecule has 2 aromatic rings. The van der Waals surface area contributed by atoms with E-state index in [2.05, 4.69) is 17.1 Å². The second-order valence-corrected chi connectivity index (χ2v) is 3.40. The lowest BCUT2D eigenvalue weighted by atomic mass is 10.2. The Balaban J connectivity index is 2.05. The highest BCUT2D eigenvalue weighted by atomic mass is 16.5. The van der Waals surface area contributed by atoms with Gasteiger partial charge >= 0.3 is 0 Å². The summed E-state index contributed by atoms with van der Waals surface area (Å²) < 4.78 is 7.27.